The first-order chi connectivity index (χ1) is 7.50. The van der Waals surface area contributed by atoms with Crippen molar-refractivity contribution >= 4 is 35.1 Å². The van der Waals surface area contributed by atoms with Gasteiger partial charge in [0.25, 0.3) is 0 Å². The van der Waals surface area contributed by atoms with Crippen molar-refractivity contribution in [1.29, 1.82) is 0 Å². The zero-order valence-electron chi connectivity index (χ0n) is 8.20. The van der Waals surface area contributed by atoms with E-state index in [1.807, 2.05) is 0 Å². The molecule has 0 aliphatic rings. The van der Waals surface area contributed by atoms with Gasteiger partial charge < -0.3 is 10.5 Å². The molecule has 1 rings (SSSR count). The van der Waals surface area contributed by atoms with E-state index < -0.39 is 11.9 Å². The fraction of sp³-hybridized carbons (Fsp3) is 0.200. The van der Waals surface area contributed by atoms with E-state index in [0.717, 1.165) is 5.56 Å². The summed E-state index contributed by atoms with van der Waals surface area (Å²) in [6.07, 6.45) is 0.440. The standard InChI is InChI=1S/C10H9Cl2NO3/c11-7-2-1-6(5-8(7)12)3-4-16-10(15)9(13)14/h1-2,5H,3-4H2,(H2,13,14). The summed E-state index contributed by atoms with van der Waals surface area (Å²) in [4.78, 5) is 21.1. The summed E-state index contributed by atoms with van der Waals surface area (Å²) in [5.74, 6) is -2.14. The Morgan fingerprint density at radius 2 is 1.94 bits per heavy atom. The lowest BCUT2D eigenvalue weighted by atomic mass is 10.2. The number of halogens is 2. The number of hydrogen-bond donors (Lipinski definition) is 1. The molecule has 0 bridgehead atoms. The van der Waals surface area contributed by atoms with Gasteiger partial charge in [-0.05, 0) is 17.7 Å². The monoisotopic (exact) mass is 261 g/mol. The number of esters is 1. The Morgan fingerprint density at radius 3 is 2.50 bits per heavy atom. The van der Waals surface area contributed by atoms with Crippen LogP contribution in [0.3, 0.4) is 0 Å². The van der Waals surface area contributed by atoms with Gasteiger partial charge in [0.1, 0.15) is 0 Å². The van der Waals surface area contributed by atoms with Crippen molar-refractivity contribution in [2.24, 2.45) is 5.73 Å². The summed E-state index contributed by atoms with van der Waals surface area (Å²) in [5.41, 5.74) is 5.56. The molecule has 6 heteroatoms. The third-order valence-corrected chi connectivity index (χ3v) is 2.55. The van der Waals surface area contributed by atoms with E-state index in [1.165, 1.54) is 0 Å². The predicted octanol–water partition coefficient (Wildman–Crippen LogP) is 1.56. The van der Waals surface area contributed by atoms with Crippen LogP contribution in [0.5, 0.6) is 0 Å². The van der Waals surface area contributed by atoms with E-state index in [9.17, 15) is 9.59 Å². The third kappa shape index (κ3) is 3.72. The molecule has 1 aromatic carbocycles. The molecule has 4 nitrogen and oxygen atoms in total. The number of carbonyl (C=O) groups excluding carboxylic acids is 2. The van der Waals surface area contributed by atoms with Gasteiger partial charge in [-0.15, -0.1) is 0 Å². The number of rotatable bonds is 3. The highest BCUT2D eigenvalue weighted by molar-refractivity contribution is 6.42. The maximum atomic E-state index is 10.7. The number of nitrogens with two attached hydrogens (primary N) is 1. The Hall–Kier alpha value is -1.26. The molecule has 0 heterocycles. The van der Waals surface area contributed by atoms with E-state index >= 15 is 0 Å². The Morgan fingerprint density at radius 1 is 1.25 bits per heavy atom. The fourth-order valence-corrected chi connectivity index (χ4v) is 1.35. The SMILES string of the molecule is NC(=O)C(=O)OCCc1ccc(Cl)c(Cl)c1. The molecule has 0 spiro atoms. The molecule has 0 aliphatic carbocycles. The van der Waals surface area contributed by atoms with Crippen molar-refractivity contribution in [2.45, 2.75) is 6.42 Å². The lowest BCUT2D eigenvalue weighted by molar-refractivity contribution is -0.153. The number of benzene rings is 1. The Bertz CT molecular complexity index is 421. The van der Waals surface area contributed by atoms with Crippen LogP contribution < -0.4 is 5.73 Å². The van der Waals surface area contributed by atoms with Crippen LogP contribution in [0.2, 0.25) is 10.0 Å². The van der Waals surface area contributed by atoms with Gasteiger partial charge in [0.2, 0.25) is 0 Å². The smallest absolute Gasteiger partial charge is 0.396 e. The van der Waals surface area contributed by atoms with Crippen LogP contribution >= 0.6 is 23.2 Å². The van der Waals surface area contributed by atoms with Gasteiger partial charge in [0.05, 0.1) is 16.7 Å². The molecular formula is C10H9Cl2NO3. The summed E-state index contributed by atoms with van der Waals surface area (Å²) in [5, 5.41) is 0.889. The van der Waals surface area contributed by atoms with Crippen molar-refractivity contribution in [1.82, 2.24) is 0 Å². The molecule has 0 unspecified atom stereocenters. The lowest BCUT2D eigenvalue weighted by Crippen LogP contribution is -2.26. The summed E-state index contributed by atoms with van der Waals surface area (Å²) in [6, 6.07) is 5.07. The van der Waals surface area contributed by atoms with Crippen molar-refractivity contribution in [2.75, 3.05) is 6.61 Å². The van der Waals surface area contributed by atoms with Crippen LogP contribution in [-0.2, 0) is 20.7 Å². The molecule has 0 radical (unpaired) electrons. The second kappa shape index (κ2) is 5.72. The lowest BCUT2D eigenvalue weighted by Gasteiger charge is -2.04. The maximum absolute atomic E-state index is 10.7. The zero-order valence-corrected chi connectivity index (χ0v) is 9.72. The molecule has 86 valence electrons. The summed E-state index contributed by atoms with van der Waals surface area (Å²) in [7, 11) is 0. The number of ether oxygens (including phenoxy) is 1. The van der Waals surface area contributed by atoms with E-state index in [1.54, 1.807) is 18.2 Å². The van der Waals surface area contributed by atoms with Crippen LogP contribution in [0.15, 0.2) is 18.2 Å². The first-order valence-corrected chi connectivity index (χ1v) is 5.17. The molecule has 0 saturated heterocycles. The maximum Gasteiger partial charge on any atom is 0.396 e. The number of hydrogen-bond acceptors (Lipinski definition) is 3. The van der Waals surface area contributed by atoms with Crippen LogP contribution in [0.25, 0.3) is 0 Å². The van der Waals surface area contributed by atoms with Gasteiger partial charge in [-0.25, -0.2) is 4.79 Å². The summed E-state index contributed by atoms with van der Waals surface area (Å²) >= 11 is 11.5. The highest BCUT2D eigenvalue weighted by Gasteiger charge is 2.09. The number of primary amides is 1. The van der Waals surface area contributed by atoms with E-state index in [4.69, 9.17) is 28.9 Å². The minimum atomic E-state index is -1.10. The summed E-state index contributed by atoms with van der Waals surface area (Å²) < 4.78 is 4.59. The van der Waals surface area contributed by atoms with Crippen LogP contribution in [0, 0.1) is 0 Å². The molecule has 0 aromatic heterocycles. The molecule has 1 aromatic rings. The minimum Gasteiger partial charge on any atom is -0.458 e. The van der Waals surface area contributed by atoms with Gasteiger partial charge in [-0.1, -0.05) is 29.3 Å². The second-order valence-electron chi connectivity index (χ2n) is 3.00. The predicted molar refractivity (Wildman–Crippen MR) is 60.3 cm³/mol. The number of carbonyl (C=O) groups is 2. The first kappa shape index (κ1) is 12.8. The van der Waals surface area contributed by atoms with E-state index in [2.05, 4.69) is 4.74 Å². The normalized spacial score (nSPS) is 9.88. The largest absolute Gasteiger partial charge is 0.458 e. The van der Waals surface area contributed by atoms with Crippen molar-refractivity contribution < 1.29 is 14.3 Å². The highest BCUT2D eigenvalue weighted by atomic mass is 35.5. The topological polar surface area (TPSA) is 69.4 Å². The van der Waals surface area contributed by atoms with Gasteiger partial charge in [0, 0.05) is 6.42 Å². The van der Waals surface area contributed by atoms with Gasteiger partial charge in [-0.2, -0.15) is 0 Å². The zero-order chi connectivity index (χ0) is 12.1. The average Bonchev–Trinajstić information content (AvgIpc) is 2.23. The van der Waals surface area contributed by atoms with Crippen molar-refractivity contribution in [3.63, 3.8) is 0 Å². The average molecular weight is 262 g/mol. The van der Waals surface area contributed by atoms with Gasteiger partial charge in [0.15, 0.2) is 0 Å². The Balaban J connectivity index is 2.46. The van der Waals surface area contributed by atoms with Crippen molar-refractivity contribution in [3.05, 3.63) is 33.8 Å². The molecule has 1 amide bonds. The van der Waals surface area contributed by atoms with E-state index in [0.29, 0.717) is 16.5 Å². The van der Waals surface area contributed by atoms with Crippen LogP contribution in [0.4, 0.5) is 0 Å². The Kier molecular flexibility index (Phi) is 4.58. The minimum absolute atomic E-state index is 0.0692. The first-order valence-electron chi connectivity index (χ1n) is 4.41. The summed E-state index contributed by atoms with van der Waals surface area (Å²) in [6.45, 7) is 0.0692. The molecule has 16 heavy (non-hydrogen) atoms. The van der Waals surface area contributed by atoms with Crippen molar-refractivity contribution in [3.8, 4) is 0 Å². The molecule has 0 aliphatic heterocycles. The second-order valence-corrected chi connectivity index (χ2v) is 3.81. The molecule has 0 fully saturated rings. The van der Waals surface area contributed by atoms with E-state index in [-0.39, 0.29) is 6.61 Å². The van der Waals surface area contributed by atoms with Gasteiger partial charge in [-0.3, -0.25) is 4.79 Å². The molecule has 0 saturated carbocycles. The molecule has 2 N–H and O–H groups in total. The molecular weight excluding hydrogens is 253 g/mol. The molecule has 0 atom stereocenters. The third-order valence-electron chi connectivity index (χ3n) is 1.81. The Labute approximate surface area is 102 Å². The van der Waals surface area contributed by atoms with Gasteiger partial charge >= 0.3 is 11.9 Å². The number of amides is 1. The van der Waals surface area contributed by atoms with Crippen LogP contribution in [-0.4, -0.2) is 18.5 Å². The van der Waals surface area contributed by atoms with Crippen LogP contribution in [0.1, 0.15) is 5.56 Å². The fourth-order valence-electron chi connectivity index (χ4n) is 1.03. The quantitative estimate of drug-likeness (QED) is 0.663. The highest BCUT2D eigenvalue weighted by Crippen LogP contribution is 2.22.